The number of rotatable bonds is 5. The highest BCUT2D eigenvalue weighted by Crippen LogP contribution is 2.37. The largest absolute Gasteiger partial charge is 0.338 e. The highest BCUT2D eigenvalue weighted by molar-refractivity contribution is 5.97. The fraction of sp³-hybridized carbons (Fsp3) is 0.412. The maximum Gasteiger partial charge on any atom is 0.231 e. The van der Waals surface area contributed by atoms with Gasteiger partial charge in [-0.3, -0.25) is 19.7 Å². The Balaban J connectivity index is 1.78. The van der Waals surface area contributed by atoms with Crippen LogP contribution in [-0.2, 0) is 16.0 Å². The van der Waals surface area contributed by atoms with Crippen molar-refractivity contribution in [2.24, 2.45) is 5.92 Å². The quantitative estimate of drug-likeness (QED) is 0.877. The zero-order valence-electron chi connectivity index (χ0n) is 13.8. The Bertz CT molecular complexity index is 728. The summed E-state index contributed by atoms with van der Waals surface area (Å²) in [6.07, 6.45) is 5.45. The highest BCUT2D eigenvalue weighted by Gasteiger charge is 2.42. The van der Waals surface area contributed by atoms with Crippen LogP contribution in [-0.4, -0.2) is 38.9 Å². The molecule has 126 valence electrons. The predicted octanol–water partition coefficient (Wildman–Crippen LogP) is 1.92. The van der Waals surface area contributed by atoms with Gasteiger partial charge in [0.05, 0.1) is 12.0 Å². The van der Waals surface area contributed by atoms with Gasteiger partial charge in [-0.15, -0.1) is 0 Å². The van der Waals surface area contributed by atoms with Gasteiger partial charge in [0.15, 0.2) is 5.82 Å². The van der Waals surface area contributed by atoms with Crippen molar-refractivity contribution < 1.29 is 9.59 Å². The topological polar surface area (TPSA) is 91.0 Å². The van der Waals surface area contributed by atoms with E-state index in [2.05, 4.69) is 27.4 Å². The van der Waals surface area contributed by atoms with E-state index in [1.807, 2.05) is 18.2 Å². The van der Waals surface area contributed by atoms with Gasteiger partial charge in [-0.05, 0) is 18.1 Å². The average molecular weight is 327 g/mol. The normalized spacial score (nSPS) is 20.4. The third kappa shape index (κ3) is 3.15. The first-order valence-electron chi connectivity index (χ1n) is 8.11. The molecule has 1 aliphatic rings. The molecule has 0 bridgehead atoms. The standard InChI is InChI=1S/C17H21N5O2/c1-3-5-12-8-14(21-20-12)19-17(24)13-9-15(23)22(2)16(13)11-6-4-7-18-10-11/h4,6-8,10,13,16H,3,5,9H2,1-2H3,(H2,19,20,21,24)/t13-,16-/m1/s1. The Morgan fingerprint density at radius 1 is 1.50 bits per heavy atom. The van der Waals surface area contributed by atoms with E-state index >= 15 is 0 Å². The molecule has 1 aliphatic heterocycles. The summed E-state index contributed by atoms with van der Waals surface area (Å²) in [5.74, 6) is -0.206. The number of carbonyl (C=O) groups is 2. The van der Waals surface area contributed by atoms with Crippen LogP contribution >= 0.6 is 0 Å². The second kappa shape index (κ2) is 6.82. The lowest BCUT2D eigenvalue weighted by atomic mass is 9.94. The van der Waals surface area contributed by atoms with Crippen molar-refractivity contribution >= 4 is 17.6 Å². The average Bonchev–Trinajstić information content (AvgIpc) is 3.14. The van der Waals surface area contributed by atoms with E-state index in [1.165, 1.54) is 0 Å². The molecule has 0 radical (unpaired) electrons. The summed E-state index contributed by atoms with van der Waals surface area (Å²) in [4.78, 5) is 30.5. The number of nitrogens with zero attached hydrogens (tertiary/aromatic N) is 3. The fourth-order valence-electron chi connectivity index (χ4n) is 3.15. The molecule has 1 fully saturated rings. The number of pyridine rings is 1. The smallest absolute Gasteiger partial charge is 0.231 e. The van der Waals surface area contributed by atoms with E-state index in [4.69, 9.17) is 0 Å². The van der Waals surface area contributed by atoms with Crippen molar-refractivity contribution in [3.05, 3.63) is 41.9 Å². The predicted molar refractivity (Wildman–Crippen MR) is 89.1 cm³/mol. The second-order valence-corrected chi connectivity index (χ2v) is 6.06. The Kier molecular flexibility index (Phi) is 4.59. The molecule has 0 aliphatic carbocycles. The minimum atomic E-state index is -0.460. The third-order valence-corrected chi connectivity index (χ3v) is 4.35. The number of hydrogen-bond acceptors (Lipinski definition) is 4. The summed E-state index contributed by atoms with van der Waals surface area (Å²) >= 11 is 0. The number of amides is 2. The number of hydrogen-bond donors (Lipinski definition) is 2. The minimum Gasteiger partial charge on any atom is -0.338 e. The van der Waals surface area contributed by atoms with Crippen LogP contribution in [0.1, 0.15) is 37.1 Å². The molecule has 2 aromatic heterocycles. The number of aromatic nitrogens is 3. The first-order valence-corrected chi connectivity index (χ1v) is 8.11. The molecular weight excluding hydrogens is 306 g/mol. The van der Waals surface area contributed by atoms with Gasteiger partial charge >= 0.3 is 0 Å². The Hall–Kier alpha value is -2.70. The van der Waals surface area contributed by atoms with Crippen LogP contribution in [0, 0.1) is 5.92 Å². The molecule has 2 amide bonds. The Morgan fingerprint density at radius 2 is 2.33 bits per heavy atom. The number of anilines is 1. The first-order chi connectivity index (χ1) is 11.6. The van der Waals surface area contributed by atoms with Crippen molar-refractivity contribution in [3.8, 4) is 0 Å². The lowest BCUT2D eigenvalue weighted by molar-refractivity contribution is -0.128. The number of likely N-dealkylation sites (tertiary alicyclic amines) is 1. The number of nitrogens with one attached hydrogen (secondary N) is 2. The van der Waals surface area contributed by atoms with E-state index < -0.39 is 5.92 Å². The molecule has 3 rings (SSSR count). The Morgan fingerprint density at radius 3 is 3.04 bits per heavy atom. The second-order valence-electron chi connectivity index (χ2n) is 6.06. The maximum absolute atomic E-state index is 12.7. The molecule has 0 spiro atoms. The SMILES string of the molecule is CCCc1cc(NC(=O)[C@@H]2CC(=O)N(C)[C@@H]2c2cccnc2)n[nH]1. The summed E-state index contributed by atoms with van der Waals surface area (Å²) < 4.78 is 0. The van der Waals surface area contributed by atoms with E-state index in [0.29, 0.717) is 5.82 Å². The lowest BCUT2D eigenvalue weighted by Gasteiger charge is -2.24. The maximum atomic E-state index is 12.7. The number of aromatic amines is 1. The van der Waals surface area contributed by atoms with Crippen LogP contribution < -0.4 is 5.32 Å². The molecule has 24 heavy (non-hydrogen) atoms. The molecule has 1 saturated heterocycles. The summed E-state index contributed by atoms with van der Waals surface area (Å²) in [5.41, 5.74) is 1.84. The van der Waals surface area contributed by atoms with E-state index in [-0.39, 0.29) is 24.3 Å². The van der Waals surface area contributed by atoms with Gasteiger partial charge in [0.1, 0.15) is 0 Å². The van der Waals surface area contributed by atoms with Crippen LogP contribution in [0.4, 0.5) is 5.82 Å². The Labute approximate surface area is 140 Å². The van der Waals surface area contributed by atoms with Crippen LogP contribution in [0.15, 0.2) is 30.6 Å². The van der Waals surface area contributed by atoms with Gasteiger partial charge in [0, 0.05) is 37.6 Å². The molecule has 2 aromatic rings. The number of carbonyl (C=O) groups excluding carboxylic acids is 2. The van der Waals surface area contributed by atoms with Gasteiger partial charge in [-0.25, -0.2) is 0 Å². The summed E-state index contributed by atoms with van der Waals surface area (Å²) in [6, 6.07) is 5.23. The van der Waals surface area contributed by atoms with Crippen molar-refractivity contribution in [2.45, 2.75) is 32.2 Å². The third-order valence-electron chi connectivity index (χ3n) is 4.35. The molecular formula is C17H21N5O2. The molecule has 0 saturated carbocycles. The molecule has 3 heterocycles. The van der Waals surface area contributed by atoms with Crippen molar-refractivity contribution in [2.75, 3.05) is 12.4 Å². The monoisotopic (exact) mass is 327 g/mol. The fourth-order valence-corrected chi connectivity index (χ4v) is 3.15. The van der Waals surface area contributed by atoms with Gasteiger partial charge < -0.3 is 10.2 Å². The van der Waals surface area contributed by atoms with Crippen molar-refractivity contribution in [1.29, 1.82) is 0 Å². The minimum absolute atomic E-state index is 0.0438. The van der Waals surface area contributed by atoms with Crippen LogP contribution in [0.3, 0.4) is 0 Å². The van der Waals surface area contributed by atoms with Crippen LogP contribution in [0.2, 0.25) is 0 Å². The molecule has 2 N–H and O–H groups in total. The van der Waals surface area contributed by atoms with E-state index in [9.17, 15) is 9.59 Å². The lowest BCUT2D eigenvalue weighted by Crippen LogP contribution is -2.30. The van der Waals surface area contributed by atoms with Crippen molar-refractivity contribution in [3.63, 3.8) is 0 Å². The van der Waals surface area contributed by atoms with Gasteiger partial charge in [-0.1, -0.05) is 19.4 Å². The summed E-state index contributed by atoms with van der Waals surface area (Å²) in [7, 11) is 1.72. The number of aryl methyl sites for hydroxylation is 1. The van der Waals surface area contributed by atoms with E-state index in [1.54, 1.807) is 24.3 Å². The first kappa shape index (κ1) is 16.2. The zero-order chi connectivity index (χ0) is 17.1. The molecule has 2 atom stereocenters. The summed E-state index contributed by atoms with van der Waals surface area (Å²) in [6.45, 7) is 2.08. The number of H-pyrrole nitrogens is 1. The molecule has 0 aromatic carbocycles. The van der Waals surface area contributed by atoms with Gasteiger partial charge in [0.2, 0.25) is 11.8 Å². The van der Waals surface area contributed by atoms with Crippen LogP contribution in [0.25, 0.3) is 0 Å². The molecule has 7 heteroatoms. The summed E-state index contributed by atoms with van der Waals surface area (Å²) in [5, 5.41) is 9.85. The molecule has 0 unspecified atom stereocenters. The van der Waals surface area contributed by atoms with E-state index in [0.717, 1.165) is 24.1 Å². The van der Waals surface area contributed by atoms with Crippen molar-refractivity contribution in [1.82, 2.24) is 20.1 Å². The van der Waals surface area contributed by atoms with Crippen LogP contribution in [0.5, 0.6) is 0 Å². The van der Waals surface area contributed by atoms with Gasteiger partial charge in [-0.2, -0.15) is 5.10 Å². The highest BCUT2D eigenvalue weighted by atomic mass is 16.2. The molecule has 7 nitrogen and oxygen atoms in total. The zero-order valence-corrected chi connectivity index (χ0v) is 13.8. The van der Waals surface area contributed by atoms with Gasteiger partial charge in [0.25, 0.3) is 0 Å².